The van der Waals surface area contributed by atoms with Gasteiger partial charge in [0, 0.05) is 11.8 Å². The van der Waals surface area contributed by atoms with Gasteiger partial charge < -0.3 is 15.9 Å². The molecule has 0 saturated heterocycles. The zero-order chi connectivity index (χ0) is 11.4. The lowest BCUT2D eigenvalue weighted by molar-refractivity contribution is -0.121. The number of carbonyl (C=O) groups excluding carboxylic acids is 1. The average molecular weight is 232 g/mol. The molecule has 0 bridgehead atoms. The van der Waals surface area contributed by atoms with Gasteiger partial charge >= 0.3 is 0 Å². The number of carbonyl (C=O) groups is 1. The molecule has 0 aliphatic carbocycles. The molecule has 2 unspecified atom stereocenters. The molecule has 1 amide bonds. The van der Waals surface area contributed by atoms with Crippen LogP contribution in [0.1, 0.15) is 18.1 Å². The van der Waals surface area contributed by atoms with Gasteiger partial charge in [-0.2, -0.15) is 0 Å². The van der Waals surface area contributed by atoms with E-state index in [9.17, 15) is 15.0 Å². The van der Waals surface area contributed by atoms with Crippen LogP contribution in [0, 0.1) is 0 Å². The minimum Gasteiger partial charge on any atom is -0.390 e. The molecule has 1 aromatic rings. The van der Waals surface area contributed by atoms with E-state index in [-0.39, 0.29) is 17.1 Å². The van der Waals surface area contributed by atoms with Crippen LogP contribution in [0.3, 0.4) is 0 Å². The van der Waals surface area contributed by atoms with Crippen LogP contribution in [-0.4, -0.2) is 32.2 Å². The quantitative estimate of drug-likeness (QED) is 0.600. The molecule has 4 N–H and O–H groups in total. The number of rotatable bonds is 4. The third-order valence-electron chi connectivity index (χ3n) is 1.78. The normalized spacial score (nSPS) is 14.6. The highest BCUT2D eigenvalue weighted by molar-refractivity contribution is 6.30. The van der Waals surface area contributed by atoms with Gasteiger partial charge in [-0.05, 0) is 0 Å². The van der Waals surface area contributed by atoms with Crippen molar-refractivity contribution in [2.75, 3.05) is 0 Å². The van der Waals surface area contributed by atoms with Crippen molar-refractivity contribution in [1.82, 2.24) is 9.97 Å². The highest BCUT2D eigenvalue weighted by Crippen LogP contribution is 2.23. The highest BCUT2D eigenvalue weighted by atomic mass is 35.5. The summed E-state index contributed by atoms with van der Waals surface area (Å²) in [7, 11) is 0. The van der Waals surface area contributed by atoms with Gasteiger partial charge in [0.05, 0.1) is 12.5 Å². The van der Waals surface area contributed by atoms with E-state index >= 15 is 0 Å². The fraction of sp³-hybridized carbons (Fsp3) is 0.375. The molecule has 82 valence electrons. The topological polar surface area (TPSA) is 109 Å². The monoisotopic (exact) mass is 231 g/mol. The molecule has 0 aliphatic heterocycles. The molecule has 2 atom stereocenters. The lowest BCUT2D eigenvalue weighted by atomic mass is 10.1. The maximum absolute atomic E-state index is 10.5. The number of hydrogen-bond donors (Lipinski definition) is 3. The van der Waals surface area contributed by atoms with Crippen LogP contribution in [0.25, 0.3) is 0 Å². The molecular formula is C8H10ClN3O3. The molecule has 1 heterocycles. The summed E-state index contributed by atoms with van der Waals surface area (Å²) in [6, 6.07) is 0. The van der Waals surface area contributed by atoms with E-state index in [0.29, 0.717) is 0 Å². The maximum atomic E-state index is 10.5. The first-order chi connectivity index (χ1) is 7.02. The summed E-state index contributed by atoms with van der Waals surface area (Å²) in [6.07, 6.45) is -0.521. The minimum atomic E-state index is -1.33. The zero-order valence-electron chi connectivity index (χ0n) is 7.67. The largest absolute Gasteiger partial charge is 0.390 e. The number of primary amides is 1. The summed E-state index contributed by atoms with van der Waals surface area (Å²) in [5, 5.41) is 19.0. The first-order valence-electron chi connectivity index (χ1n) is 4.12. The molecule has 0 radical (unpaired) electrons. The Bertz CT molecular complexity index is 361. The van der Waals surface area contributed by atoms with Crippen LogP contribution in [0.4, 0.5) is 0 Å². The molecule has 1 aromatic heterocycles. The van der Waals surface area contributed by atoms with E-state index in [1.807, 2.05) is 0 Å². The van der Waals surface area contributed by atoms with Gasteiger partial charge in [0.15, 0.2) is 0 Å². The molecule has 0 aromatic carbocycles. The highest BCUT2D eigenvalue weighted by Gasteiger charge is 2.23. The summed E-state index contributed by atoms with van der Waals surface area (Å²) in [6.45, 7) is 0. The SMILES string of the molecule is NC(=O)CC(O)C(O)c1cncnc1Cl. The Labute approximate surface area is 90.7 Å². The number of hydrogen-bond acceptors (Lipinski definition) is 5. The number of nitrogens with zero attached hydrogens (tertiary/aromatic N) is 2. The second kappa shape index (κ2) is 5.01. The van der Waals surface area contributed by atoms with Crippen LogP contribution < -0.4 is 5.73 Å². The van der Waals surface area contributed by atoms with Gasteiger partial charge in [-0.15, -0.1) is 0 Å². The molecule has 0 fully saturated rings. The van der Waals surface area contributed by atoms with E-state index in [1.165, 1.54) is 12.5 Å². The van der Waals surface area contributed by atoms with Crippen molar-refractivity contribution in [2.24, 2.45) is 5.73 Å². The smallest absolute Gasteiger partial charge is 0.220 e. The Morgan fingerprint density at radius 2 is 2.27 bits per heavy atom. The standard InChI is InChI=1S/C8H10ClN3O3/c9-8-4(2-11-3-12-8)7(15)5(13)1-6(10)14/h2-3,5,7,13,15H,1H2,(H2,10,14). The Balaban J connectivity index is 2.80. The van der Waals surface area contributed by atoms with Crippen molar-refractivity contribution in [3.05, 3.63) is 23.2 Å². The van der Waals surface area contributed by atoms with Crippen molar-refractivity contribution >= 4 is 17.5 Å². The Morgan fingerprint density at radius 1 is 1.60 bits per heavy atom. The molecule has 6 nitrogen and oxygen atoms in total. The number of aliphatic hydroxyl groups excluding tert-OH is 2. The minimum absolute atomic E-state index is 0.0287. The van der Waals surface area contributed by atoms with Gasteiger partial charge in [0.1, 0.15) is 17.6 Å². The van der Waals surface area contributed by atoms with Gasteiger partial charge in [-0.25, -0.2) is 9.97 Å². The zero-order valence-corrected chi connectivity index (χ0v) is 8.42. The summed E-state index contributed by atoms with van der Waals surface area (Å²) in [4.78, 5) is 17.8. The number of halogens is 1. The first kappa shape index (κ1) is 11.8. The van der Waals surface area contributed by atoms with Gasteiger partial charge in [0.25, 0.3) is 0 Å². The summed E-state index contributed by atoms with van der Waals surface area (Å²) in [5.41, 5.74) is 5.03. The predicted octanol–water partition coefficient (Wildman–Crippen LogP) is -0.600. The number of aromatic nitrogens is 2. The molecule has 1 rings (SSSR count). The van der Waals surface area contributed by atoms with Crippen LogP contribution in [0.5, 0.6) is 0 Å². The number of amides is 1. The lowest BCUT2D eigenvalue weighted by Crippen LogP contribution is -2.26. The number of aliphatic hydroxyl groups is 2. The third-order valence-corrected chi connectivity index (χ3v) is 2.10. The summed E-state index contributed by atoms with van der Waals surface area (Å²) >= 11 is 5.66. The van der Waals surface area contributed by atoms with E-state index in [0.717, 1.165) is 0 Å². The van der Waals surface area contributed by atoms with Gasteiger partial charge in [-0.1, -0.05) is 11.6 Å². The summed E-state index contributed by atoms with van der Waals surface area (Å²) in [5.74, 6) is -0.713. The van der Waals surface area contributed by atoms with Crippen LogP contribution in [0.2, 0.25) is 5.15 Å². The molecule has 0 saturated carbocycles. The fourth-order valence-electron chi connectivity index (χ4n) is 1.05. The lowest BCUT2D eigenvalue weighted by Gasteiger charge is -2.16. The Morgan fingerprint density at radius 3 is 2.80 bits per heavy atom. The van der Waals surface area contributed by atoms with Crippen molar-refractivity contribution < 1.29 is 15.0 Å². The first-order valence-corrected chi connectivity index (χ1v) is 4.50. The van der Waals surface area contributed by atoms with Crippen molar-refractivity contribution in [3.63, 3.8) is 0 Å². The van der Waals surface area contributed by atoms with E-state index in [4.69, 9.17) is 17.3 Å². The fourth-order valence-corrected chi connectivity index (χ4v) is 1.25. The molecule has 7 heteroatoms. The van der Waals surface area contributed by atoms with Crippen molar-refractivity contribution in [1.29, 1.82) is 0 Å². The van der Waals surface area contributed by atoms with Crippen LogP contribution in [0.15, 0.2) is 12.5 Å². The van der Waals surface area contributed by atoms with Crippen LogP contribution >= 0.6 is 11.6 Å². The molecule has 0 spiro atoms. The van der Waals surface area contributed by atoms with Gasteiger partial charge in [-0.3, -0.25) is 4.79 Å². The summed E-state index contributed by atoms with van der Waals surface area (Å²) < 4.78 is 0. The predicted molar refractivity (Wildman–Crippen MR) is 51.8 cm³/mol. The molecule has 0 aliphatic rings. The second-order valence-electron chi connectivity index (χ2n) is 2.95. The second-order valence-corrected chi connectivity index (χ2v) is 3.31. The Hall–Kier alpha value is -1.24. The Kier molecular flexibility index (Phi) is 3.96. The van der Waals surface area contributed by atoms with E-state index < -0.39 is 18.1 Å². The molecule has 15 heavy (non-hydrogen) atoms. The average Bonchev–Trinajstić information content (AvgIpc) is 2.16. The number of nitrogens with two attached hydrogens (primary N) is 1. The van der Waals surface area contributed by atoms with Crippen molar-refractivity contribution in [2.45, 2.75) is 18.6 Å². The van der Waals surface area contributed by atoms with E-state index in [2.05, 4.69) is 9.97 Å². The maximum Gasteiger partial charge on any atom is 0.220 e. The van der Waals surface area contributed by atoms with Gasteiger partial charge in [0.2, 0.25) is 5.91 Å². The molecular weight excluding hydrogens is 222 g/mol. The van der Waals surface area contributed by atoms with Crippen molar-refractivity contribution in [3.8, 4) is 0 Å². The van der Waals surface area contributed by atoms with Crippen LogP contribution in [-0.2, 0) is 4.79 Å². The third kappa shape index (κ3) is 3.12. The van der Waals surface area contributed by atoms with E-state index in [1.54, 1.807) is 0 Å².